The van der Waals surface area contributed by atoms with Crippen molar-refractivity contribution >= 4 is 17.2 Å². The highest BCUT2D eigenvalue weighted by molar-refractivity contribution is 5.73. The van der Waals surface area contributed by atoms with Crippen molar-refractivity contribution in [2.24, 2.45) is 0 Å². The van der Waals surface area contributed by atoms with Crippen LogP contribution in [0, 0.1) is 10.1 Å². The van der Waals surface area contributed by atoms with Crippen molar-refractivity contribution in [3.63, 3.8) is 0 Å². The average Bonchev–Trinajstić information content (AvgIpc) is 2.72. The second kappa shape index (κ2) is 9.48. The molecule has 0 aliphatic rings. The molecule has 2 aromatic carbocycles. The second-order valence-corrected chi connectivity index (χ2v) is 6.27. The van der Waals surface area contributed by atoms with Gasteiger partial charge >= 0.3 is 5.69 Å². The molecule has 0 aliphatic heterocycles. The zero-order valence-corrected chi connectivity index (χ0v) is 15.3. The number of benzene rings is 2. The number of rotatable bonds is 9. The van der Waals surface area contributed by atoms with Gasteiger partial charge in [0.1, 0.15) is 5.69 Å². The summed E-state index contributed by atoms with van der Waals surface area (Å²) in [4.78, 5) is 15.7. The fraction of sp³-hybridized carbons (Fsp3) is 0.190. The van der Waals surface area contributed by atoms with Crippen molar-refractivity contribution in [2.45, 2.75) is 19.5 Å². The van der Waals surface area contributed by atoms with Crippen LogP contribution in [0.1, 0.15) is 16.8 Å². The van der Waals surface area contributed by atoms with Crippen LogP contribution < -0.4 is 10.6 Å². The molecule has 0 bridgehead atoms. The summed E-state index contributed by atoms with van der Waals surface area (Å²) in [7, 11) is 0. The predicted octanol–water partition coefficient (Wildman–Crippen LogP) is 3.75. The molecule has 0 spiro atoms. The van der Waals surface area contributed by atoms with Crippen LogP contribution >= 0.6 is 0 Å². The molecule has 7 heteroatoms. The lowest BCUT2D eigenvalue weighted by Crippen LogP contribution is -2.11. The molecule has 0 radical (unpaired) electrons. The van der Waals surface area contributed by atoms with Crippen LogP contribution in [0.25, 0.3) is 0 Å². The van der Waals surface area contributed by atoms with Crippen LogP contribution in [0.3, 0.4) is 0 Å². The van der Waals surface area contributed by atoms with Crippen molar-refractivity contribution in [3.8, 4) is 0 Å². The Bertz CT molecular complexity index is 853. The maximum absolute atomic E-state index is 11.8. The SMILES string of the molecule is O=[N+]([O-])c1c(NCc2ccccc2)cc(CCO)nc1NCc1ccccc1. The highest BCUT2D eigenvalue weighted by Crippen LogP contribution is 2.33. The standard InChI is InChI=1S/C21H22N4O3/c26-12-11-18-13-19(22-14-16-7-3-1-4-8-16)20(25(27)28)21(24-18)23-15-17-9-5-2-6-10-17/h1-10,13,26H,11-12,14-15H2,(H2,22,23,24). The fourth-order valence-electron chi connectivity index (χ4n) is 2.85. The Morgan fingerprint density at radius 3 is 2.04 bits per heavy atom. The molecular formula is C21H22N4O3. The van der Waals surface area contributed by atoms with Crippen LogP contribution in [0.15, 0.2) is 66.7 Å². The Morgan fingerprint density at radius 2 is 1.50 bits per heavy atom. The molecule has 0 unspecified atom stereocenters. The molecule has 7 nitrogen and oxygen atoms in total. The molecule has 28 heavy (non-hydrogen) atoms. The monoisotopic (exact) mass is 378 g/mol. The van der Waals surface area contributed by atoms with Gasteiger partial charge in [0.2, 0.25) is 5.82 Å². The summed E-state index contributed by atoms with van der Waals surface area (Å²) in [5.41, 5.74) is 2.86. The summed E-state index contributed by atoms with van der Waals surface area (Å²) in [6.07, 6.45) is 0.317. The van der Waals surface area contributed by atoms with Gasteiger partial charge < -0.3 is 15.7 Å². The van der Waals surface area contributed by atoms with E-state index in [4.69, 9.17) is 0 Å². The molecule has 1 aromatic heterocycles. The van der Waals surface area contributed by atoms with Gasteiger partial charge in [-0.3, -0.25) is 10.1 Å². The zero-order valence-electron chi connectivity index (χ0n) is 15.3. The summed E-state index contributed by atoms with van der Waals surface area (Å²) < 4.78 is 0. The van der Waals surface area contributed by atoms with Crippen molar-refractivity contribution in [3.05, 3.63) is 93.7 Å². The van der Waals surface area contributed by atoms with Gasteiger partial charge in [-0.1, -0.05) is 60.7 Å². The largest absolute Gasteiger partial charge is 0.396 e. The van der Waals surface area contributed by atoms with E-state index in [0.29, 0.717) is 30.9 Å². The first-order chi connectivity index (χ1) is 13.7. The fourth-order valence-corrected chi connectivity index (χ4v) is 2.85. The smallest absolute Gasteiger partial charge is 0.334 e. The summed E-state index contributed by atoms with van der Waals surface area (Å²) in [5, 5.41) is 27.3. The topological polar surface area (TPSA) is 100 Å². The second-order valence-electron chi connectivity index (χ2n) is 6.27. The lowest BCUT2D eigenvalue weighted by atomic mass is 10.2. The van der Waals surface area contributed by atoms with Crippen LogP contribution in [0.5, 0.6) is 0 Å². The molecule has 144 valence electrons. The third kappa shape index (κ3) is 5.05. The molecule has 0 aliphatic carbocycles. The molecule has 3 N–H and O–H groups in total. The molecule has 0 saturated carbocycles. The van der Waals surface area contributed by atoms with E-state index in [0.717, 1.165) is 11.1 Å². The van der Waals surface area contributed by atoms with Gasteiger partial charge in [-0.25, -0.2) is 4.98 Å². The minimum absolute atomic E-state index is 0.0823. The summed E-state index contributed by atoms with van der Waals surface area (Å²) in [6, 6.07) is 20.9. The minimum Gasteiger partial charge on any atom is -0.396 e. The number of nitrogens with one attached hydrogen (secondary N) is 2. The van der Waals surface area contributed by atoms with Crippen LogP contribution in [-0.4, -0.2) is 21.6 Å². The quantitative estimate of drug-likeness (QED) is 0.387. The molecule has 0 fully saturated rings. The third-order valence-electron chi connectivity index (χ3n) is 4.22. The van der Waals surface area contributed by atoms with Crippen molar-refractivity contribution in [1.29, 1.82) is 0 Å². The molecule has 3 aromatic rings. The van der Waals surface area contributed by atoms with Crippen molar-refractivity contribution in [1.82, 2.24) is 4.98 Å². The van der Waals surface area contributed by atoms with Gasteiger partial charge in [-0.15, -0.1) is 0 Å². The van der Waals surface area contributed by atoms with Gasteiger partial charge in [-0.05, 0) is 17.2 Å². The minimum atomic E-state index is -0.434. The van der Waals surface area contributed by atoms with E-state index in [-0.39, 0.29) is 18.1 Å². The van der Waals surface area contributed by atoms with E-state index in [1.54, 1.807) is 6.07 Å². The Balaban J connectivity index is 1.89. The number of hydrogen-bond acceptors (Lipinski definition) is 6. The van der Waals surface area contributed by atoms with Gasteiger partial charge in [0.05, 0.1) is 4.92 Å². The Labute approximate surface area is 163 Å². The number of anilines is 2. The lowest BCUT2D eigenvalue weighted by Gasteiger charge is -2.13. The van der Waals surface area contributed by atoms with Crippen molar-refractivity contribution < 1.29 is 10.0 Å². The van der Waals surface area contributed by atoms with E-state index in [9.17, 15) is 15.2 Å². The van der Waals surface area contributed by atoms with Gasteiger partial charge in [0, 0.05) is 31.8 Å². The first-order valence-corrected chi connectivity index (χ1v) is 9.02. The molecule has 0 atom stereocenters. The van der Waals surface area contributed by atoms with Crippen molar-refractivity contribution in [2.75, 3.05) is 17.2 Å². The molecule has 3 rings (SSSR count). The first kappa shape index (κ1) is 19.3. The maximum atomic E-state index is 11.8. The highest BCUT2D eigenvalue weighted by Gasteiger charge is 2.23. The number of aliphatic hydroxyl groups is 1. The number of nitro groups is 1. The summed E-state index contributed by atoms with van der Waals surface area (Å²) >= 11 is 0. The van der Waals surface area contributed by atoms with Gasteiger partial charge in [0.15, 0.2) is 0 Å². The van der Waals surface area contributed by atoms with E-state index in [1.807, 2.05) is 60.7 Å². The third-order valence-corrected chi connectivity index (χ3v) is 4.22. The molecular weight excluding hydrogens is 356 g/mol. The molecule has 1 heterocycles. The van der Waals surface area contributed by atoms with Crippen LogP contribution in [0.2, 0.25) is 0 Å². The number of nitrogens with zero attached hydrogens (tertiary/aromatic N) is 2. The zero-order chi connectivity index (χ0) is 19.8. The average molecular weight is 378 g/mol. The molecule has 0 saturated heterocycles. The van der Waals surface area contributed by atoms with Crippen LogP contribution in [0.4, 0.5) is 17.2 Å². The Hall–Kier alpha value is -3.45. The number of aromatic nitrogens is 1. The van der Waals surface area contributed by atoms with E-state index in [1.165, 1.54) is 0 Å². The Morgan fingerprint density at radius 1 is 0.929 bits per heavy atom. The first-order valence-electron chi connectivity index (χ1n) is 9.02. The Kier molecular flexibility index (Phi) is 6.54. The molecule has 0 amide bonds. The maximum Gasteiger partial charge on any atom is 0.334 e. The van der Waals surface area contributed by atoms with E-state index in [2.05, 4.69) is 15.6 Å². The number of pyridine rings is 1. The highest BCUT2D eigenvalue weighted by atomic mass is 16.6. The van der Waals surface area contributed by atoms with E-state index >= 15 is 0 Å². The lowest BCUT2D eigenvalue weighted by molar-refractivity contribution is -0.383. The summed E-state index contributed by atoms with van der Waals surface area (Å²) in [5.74, 6) is 0.190. The van der Waals surface area contributed by atoms with Gasteiger partial charge in [0.25, 0.3) is 0 Å². The van der Waals surface area contributed by atoms with Crippen LogP contribution in [-0.2, 0) is 19.5 Å². The summed E-state index contributed by atoms with van der Waals surface area (Å²) in [6.45, 7) is 0.777. The van der Waals surface area contributed by atoms with Gasteiger partial charge in [-0.2, -0.15) is 0 Å². The normalized spacial score (nSPS) is 10.5. The number of hydrogen-bond donors (Lipinski definition) is 3. The number of aliphatic hydroxyl groups excluding tert-OH is 1. The predicted molar refractivity (Wildman–Crippen MR) is 109 cm³/mol. The van der Waals surface area contributed by atoms with E-state index < -0.39 is 4.92 Å².